The van der Waals surface area contributed by atoms with Gasteiger partial charge in [0.15, 0.2) is 9.84 Å². The lowest BCUT2D eigenvalue weighted by molar-refractivity contribution is -0.192. The zero-order valence-electron chi connectivity index (χ0n) is 18.3. The van der Waals surface area contributed by atoms with Gasteiger partial charge in [-0.1, -0.05) is 32.0 Å². The Morgan fingerprint density at radius 3 is 2.36 bits per heavy atom. The number of amides is 1. The molecule has 1 aromatic rings. The van der Waals surface area contributed by atoms with Crippen molar-refractivity contribution in [3.63, 3.8) is 0 Å². The SMILES string of the molecule is CC(C)CNC(=O)[C@H]1CCS(=O)(=O)[C@@H]2CN(Cc3ccccc3F)C[C@H]12.O=C(O)C(F)(F)F. The van der Waals surface area contributed by atoms with Gasteiger partial charge in [0.05, 0.1) is 11.0 Å². The molecule has 2 N–H and O–H groups in total. The van der Waals surface area contributed by atoms with Crippen molar-refractivity contribution < 1.29 is 40.7 Å². The maximum absolute atomic E-state index is 13.9. The molecule has 7 nitrogen and oxygen atoms in total. The molecule has 0 radical (unpaired) electrons. The van der Waals surface area contributed by atoms with Gasteiger partial charge in [-0.2, -0.15) is 13.2 Å². The molecule has 2 aliphatic heterocycles. The molecule has 186 valence electrons. The minimum Gasteiger partial charge on any atom is -0.475 e. The van der Waals surface area contributed by atoms with Crippen molar-refractivity contribution in [1.29, 1.82) is 0 Å². The topological polar surface area (TPSA) is 104 Å². The lowest BCUT2D eigenvalue weighted by atomic mass is 9.87. The van der Waals surface area contributed by atoms with E-state index in [2.05, 4.69) is 5.32 Å². The van der Waals surface area contributed by atoms with Crippen molar-refractivity contribution in [2.75, 3.05) is 25.4 Å². The first kappa shape index (κ1) is 27.0. The molecule has 0 spiro atoms. The normalized spacial score (nSPS) is 24.5. The number of sulfone groups is 1. The van der Waals surface area contributed by atoms with E-state index in [1.807, 2.05) is 18.7 Å². The van der Waals surface area contributed by atoms with Gasteiger partial charge in [-0.25, -0.2) is 17.6 Å². The molecule has 2 fully saturated rings. The Bertz CT molecular complexity index is 952. The molecule has 33 heavy (non-hydrogen) atoms. The number of nitrogens with zero attached hydrogens (tertiary/aromatic N) is 1. The molecule has 0 saturated carbocycles. The van der Waals surface area contributed by atoms with E-state index in [9.17, 15) is 30.8 Å². The summed E-state index contributed by atoms with van der Waals surface area (Å²) in [5.74, 6) is -3.18. The van der Waals surface area contributed by atoms with Crippen molar-refractivity contribution >= 4 is 21.7 Å². The van der Waals surface area contributed by atoms with Gasteiger partial charge in [-0.3, -0.25) is 9.69 Å². The largest absolute Gasteiger partial charge is 0.490 e. The number of nitrogens with one attached hydrogen (secondary N) is 1. The van der Waals surface area contributed by atoms with Gasteiger partial charge in [-0.15, -0.1) is 0 Å². The molecule has 0 bridgehead atoms. The molecule has 2 heterocycles. The molecule has 0 aromatic heterocycles. The maximum atomic E-state index is 13.9. The van der Waals surface area contributed by atoms with Crippen molar-refractivity contribution in [2.24, 2.45) is 17.8 Å². The molecule has 2 saturated heterocycles. The lowest BCUT2D eigenvalue weighted by Gasteiger charge is -2.32. The summed E-state index contributed by atoms with van der Waals surface area (Å²) in [6.07, 6.45) is -4.71. The average molecular weight is 497 g/mol. The first-order valence-electron chi connectivity index (χ1n) is 10.5. The van der Waals surface area contributed by atoms with Crippen molar-refractivity contribution in [3.8, 4) is 0 Å². The van der Waals surface area contributed by atoms with E-state index in [-0.39, 0.29) is 29.3 Å². The van der Waals surface area contributed by atoms with Crippen molar-refractivity contribution in [3.05, 3.63) is 35.6 Å². The Balaban J connectivity index is 0.000000479. The lowest BCUT2D eigenvalue weighted by Crippen LogP contribution is -2.47. The smallest absolute Gasteiger partial charge is 0.475 e. The zero-order chi connectivity index (χ0) is 25.0. The van der Waals surface area contributed by atoms with Crippen LogP contribution in [0.25, 0.3) is 0 Å². The van der Waals surface area contributed by atoms with E-state index < -0.39 is 27.2 Å². The minimum atomic E-state index is -5.08. The molecular formula is C21H28F4N2O5S. The fraction of sp³-hybridized carbons (Fsp3) is 0.619. The van der Waals surface area contributed by atoms with Crippen LogP contribution in [-0.2, 0) is 26.0 Å². The van der Waals surface area contributed by atoms with Crippen molar-refractivity contribution in [1.82, 2.24) is 10.2 Å². The first-order valence-corrected chi connectivity index (χ1v) is 12.2. The third kappa shape index (κ3) is 7.39. The highest BCUT2D eigenvalue weighted by Gasteiger charge is 2.50. The number of fused-ring (bicyclic) bond motifs is 1. The predicted octanol–water partition coefficient (Wildman–Crippen LogP) is 2.47. The van der Waals surface area contributed by atoms with Crippen LogP contribution >= 0.6 is 0 Å². The van der Waals surface area contributed by atoms with Crippen LogP contribution in [0.4, 0.5) is 17.6 Å². The summed E-state index contributed by atoms with van der Waals surface area (Å²) in [5, 5.41) is 9.55. The molecule has 1 amide bonds. The third-order valence-corrected chi connectivity index (χ3v) is 7.92. The summed E-state index contributed by atoms with van der Waals surface area (Å²) in [6.45, 7) is 5.90. The zero-order valence-corrected chi connectivity index (χ0v) is 19.1. The Kier molecular flexibility index (Phi) is 8.86. The summed E-state index contributed by atoms with van der Waals surface area (Å²) in [5.41, 5.74) is 0.560. The molecule has 0 unspecified atom stereocenters. The highest BCUT2D eigenvalue weighted by Crippen LogP contribution is 2.37. The van der Waals surface area contributed by atoms with Gasteiger partial charge in [0.2, 0.25) is 5.91 Å². The quantitative estimate of drug-likeness (QED) is 0.607. The third-order valence-electron chi connectivity index (χ3n) is 5.69. The Hall–Kier alpha value is -2.21. The molecule has 0 aliphatic carbocycles. The number of hydrogen-bond donors (Lipinski definition) is 2. The van der Waals surface area contributed by atoms with Gasteiger partial charge < -0.3 is 10.4 Å². The van der Waals surface area contributed by atoms with Crippen LogP contribution in [0.3, 0.4) is 0 Å². The number of carboxylic acids is 1. The number of benzene rings is 1. The van der Waals surface area contributed by atoms with Crippen LogP contribution in [0.2, 0.25) is 0 Å². The van der Waals surface area contributed by atoms with Gasteiger partial charge in [0, 0.05) is 43.6 Å². The van der Waals surface area contributed by atoms with Gasteiger partial charge in [0.25, 0.3) is 0 Å². The van der Waals surface area contributed by atoms with Gasteiger partial charge in [0.1, 0.15) is 5.82 Å². The fourth-order valence-corrected chi connectivity index (χ4v) is 6.19. The monoisotopic (exact) mass is 496 g/mol. The Morgan fingerprint density at radius 2 is 1.82 bits per heavy atom. The number of likely N-dealkylation sites (tertiary alicyclic amines) is 1. The highest BCUT2D eigenvalue weighted by atomic mass is 32.2. The van der Waals surface area contributed by atoms with E-state index in [0.29, 0.717) is 44.1 Å². The summed E-state index contributed by atoms with van der Waals surface area (Å²) in [7, 11) is -3.21. The molecular weight excluding hydrogens is 468 g/mol. The van der Waals surface area contributed by atoms with Crippen LogP contribution in [0, 0.1) is 23.6 Å². The number of hydrogen-bond acceptors (Lipinski definition) is 5. The minimum absolute atomic E-state index is 0.0451. The predicted molar refractivity (Wildman–Crippen MR) is 112 cm³/mol. The van der Waals surface area contributed by atoms with E-state index in [0.717, 1.165) is 0 Å². The van der Waals surface area contributed by atoms with E-state index in [4.69, 9.17) is 9.90 Å². The van der Waals surface area contributed by atoms with Crippen LogP contribution in [0.5, 0.6) is 0 Å². The highest BCUT2D eigenvalue weighted by molar-refractivity contribution is 7.92. The number of rotatable bonds is 5. The van der Waals surface area contributed by atoms with Crippen LogP contribution in [0.15, 0.2) is 24.3 Å². The first-order chi connectivity index (χ1) is 15.2. The van der Waals surface area contributed by atoms with Crippen LogP contribution < -0.4 is 5.32 Å². The Labute approximate surface area is 190 Å². The summed E-state index contributed by atoms with van der Waals surface area (Å²) >= 11 is 0. The number of halogens is 4. The average Bonchev–Trinajstić information content (AvgIpc) is 3.13. The second-order valence-electron chi connectivity index (χ2n) is 8.69. The molecule has 2 aliphatic rings. The number of aliphatic carboxylic acids is 1. The number of carboxylic acid groups (broad SMARTS) is 1. The molecule has 1 aromatic carbocycles. The van der Waals surface area contributed by atoms with Gasteiger partial charge in [-0.05, 0) is 18.4 Å². The maximum Gasteiger partial charge on any atom is 0.490 e. The second-order valence-corrected chi connectivity index (χ2v) is 11.0. The van der Waals surface area contributed by atoms with Crippen molar-refractivity contribution in [2.45, 2.75) is 38.2 Å². The fourth-order valence-electron chi connectivity index (χ4n) is 4.06. The van der Waals surface area contributed by atoms with E-state index in [1.165, 1.54) is 6.07 Å². The standard InChI is InChI=1S/C19H27FN2O3S.C2HF3O2/c1-13(2)9-21-19(23)15-7-8-26(24,25)18-12-22(11-16(15)18)10-14-5-3-4-6-17(14)20;3-2(4,5)1(6)7/h3-6,13,15-16,18H,7-12H2,1-2H3,(H,21,23);(H,6,7)/t15-,16+,18+;/m0./s1. The summed E-state index contributed by atoms with van der Waals surface area (Å²) in [4.78, 5) is 23.5. The summed E-state index contributed by atoms with van der Waals surface area (Å²) in [6, 6.07) is 6.55. The number of carbonyl (C=O) groups is 2. The van der Waals surface area contributed by atoms with Crippen LogP contribution in [-0.4, -0.2) is 67.1 Å². The van der Waals surface area contributed by atoms with Gasteiger partial charge >= 0.3 is 12.1 Å². The Morgan fingerprint density at radius 1 is 1.21 bits per heavy atom. The number of carbonyl (C=O) groups excluding carboxylic acids is 1. The molecule has 3 atom stereocenters. The summed E-state index contributed by atoms with van der Waals surface area (Å²) < 4.78 is 70.7. The second kappa shape index (κ2) is 10.8. The van der Waals surface area contributed by atoms with E-state index in [1.54, 1.807) is 18.2 Å². The molecule has 3 rings (SSSR count). The van der Waals surface area contributed by atoms with E-state index >= 15 is 0 Å². The molecule has 12 heteroatoms. The van der Waals surface area contributed by atoms with Crippen LogP contribution in [0.1, 0.15) is 25.8 Å². The number of alkyl halides is 3.